The first-order chi connectivity index (χ1) is 8.36. The highest BCUT2D eigenvalue weighted by Gasteiger charge is 2.30. The van der Waals surface area contributed by atoms with Crippen molar-refractivity contribution in [3.63, 3.8) is 0 Å². The van der Waals surface area contributed by atoms with Gasteiger partial charge in [0.05, 0.1) is 5.56 Å². The van der Waals surface area contributed by atoms with Crippen LogP contribution in [-0.2, 0) is 19.0 Å². The summed E-state index contributed by atoms with van der Waals surface area (Å²) >= 11 is 0. The van der Waals surface area contributed by atoms with Crippen LogP contribution >= 0.6 is 0 Å². The van der Waals surface area contributed by atoms with Crippen molar-refractivity contribution >= 4 is 0 Å². The van der Waals surface area contributed by atoms with Crippen LogP contribution in [0.15, 0.2) is 18.2 Å². The highest BCUT2D eigenvalue weighted by Crippen LogP contribution is 2.31. The van der Waals surface area contributed by atoms with Gasteiger partial charge in [0, 0.05) is 0 Å². The summed E-state index contributed by atoms with van der Waals surface area (Å²) < 4.78 is 38.2. The summed E-state index contributed by atoms with van der Waals surface area (Å²) in [5, 5.41) is 0. The molecule has 1 rings (SSSR count). The Hall–Kier alpha value is -1.03. The standard InChI is InChI=1S/C14H20F3N/c1-3-11-6-12(5-4-10(2)9-18)8-13(7-11)14(15,16)17/h6-8,10H,3-5,9,18H2,1-2H3/t10-/m1/s1. The third-order valence-corrected chi connectivity index (χ3v) is 3.12. The maximum Gasteiger partial charge on any atom is 0.416 e. The molecule has 18 heavy (non-hydrogen) atoms. The Bertz CT molecular complexity index is 385. The van der Waals surface area contributed by atoms with Crippen LogP contribution in [0.3, 0.4) is 0 Å². The van der Waals surface area contributed by atoms with Gasteiger partial charge in [0.1, 0.15) is 0 Å². The van der Waals surface area contributed by atoms with Crippen LogP contribution in [0.4, 0.5) is 13.2 Å². The SMILES string of the molecule is CCc1cc(CC[C@@H](C)CN)cc(C(F)(F)F)c1. The van der Waals surface area contributed by atoms with Crippen LogP contribution in [0.5, 0.6) is 0 Å². The van der Waals surface area contributed by atoms with Gasteiger partial charge in [-0.15, -0.1) is 0 Å². The van der Waals surface area contributed by atoms with Gasteiger partial charge < -0.3 is 5.73 Å². The van der Waals surface area contributed by atoms with E-state index in [1.54, 1.807) is 0 Å². The molecular weight excluding hydrogens is 239 g/mol. The summed E-state index contributed by atoms with van der Waals surface area (Å²) in [4.78, 5) is 0. The van der Waals surface area contributed by atoms with E-state index in [4.69, 9.17) is 5.73 Å². The maximum atomic E-state index is 12.7. The van der Waals surface area contributed by atoms with Crippen LogP contribution in [0.2, 0.25) is 0 Å². The normalized spacial score (nSPS) is 13.7. The van der Waals surface area contributed by atoms with Crippen molar-refractivity contribution in [2.75, 3.05) is 6.54 Å². The number of benzene rings is 1. The van der Waals surface area contributed by atoms with Crippen molar-refractivity contribution in [2.45, 2.75) is 39.3 Å². The zero-order valence-corrected chi connectivity index (χ0v) is 10.8. The highest BCUT2D eigenvalue weighted by molar-refractivity contribution is 5.32. The second-order valence-electron chi connectivity index (χ2n) is 4.77. The van der Waals surface area contributed by atoms with Crippen molar-refractivity contribution in [3.05, 3.63) is 34.9 Å². The summed E-state index contributed by atoms with van der Waals surface area (Å²) in [6.45, 7) is 4.44. The Labute approximate surface area is 106 Å². The molecule has 0 unspecified atom stereocenters. The third-order valence-electron chi connectivity index (χ3n) is 3.12. The Balaban J connectivity index is 2.91. The molecule has 1 aromatic carbocycles. The molecule has 0 bridgehead atoms. The molecule has 1 nitrogen and oxygen atoms in total. The number of rotatable bonds is 5. The van der Waals surface area contributed by atoms with Crippen LogP contribution in [0, 0.1) is 5.92 Å². The number of alkyl halides is 3. The van der Waals surface area contributed by atoms with E-state index >= 15 is 0 Å². The van der Waals surface area contributed by atoms with Crippen LogP contribution in [0.25, 0.3) is 0 Å². The lowest BCUT2D eigenvalue weighted by Crippen LogP contribution is -2.12. The predicted molar refractivity (Wildman–Crippen MR) is 67.4 cm³/mol. The van der Waals surface area contributed by atoms with Crippen molar-refractivity contribution in [3.8, 4) is 0 Å². The molecule has 0 aliphatic rings. The minimum Gasteiger partial charge on any atom is -0.330 e. The molecule has 4 heteroatoms. The lowest BCUT2D eigenvalue weighted by Gasteiger charge is -2.13. The molecule has 2 N–H and O–H groups in total. The second-order valence-corrected chi connectivity index (χ2v) is 4.77. The molecule has 102 valence electrons. The molecule has 1 aromatic rings. The maximum absolute atomic E-state index is 12.7. The fourth-order valence-corrected chi connectivity index (χ4v) is 1.81. The van der Waals surface area contributed by atoms with Gasteiger partial charge in [-0.1, -0.05) is 19.9 Å². The van der Waals surface area contributed by atoms with Gasteiger partial charge in [-0.25, -0.2) is 0 Å². The quantitative estimate of drug-likeness (QED) is 0.855. The minimum absolute atomic E-state index is 0.338. The smallest absolute Gasteiger partial charge is 0.330 e. The summed E-state index contributed by atoms with van der Waals surface area (Å²) in [5.41, 5.74) is 6.46. The molecule has 0 saturated carbocycles. The molecule has 0 spiro atoms. The predicted octanol–water partition coefficient (Wildman–Crippen LogP) is 3.80. The van der Waals surface area contributed by atoms with E-state index in [1.807, 2.05) is 19.9 Å². The molecule has 0 aliphatic carbocycles. The van der Waals surface area contributed by atoms with Gasteiger partial charge in [0.2, 0.25) is 0 Å². The van der Waals surface area contributed by atoms with E-state index in [1.165, 1.54) is 12.1 Å². The van der Waals surface area contributed by atoms with Crippen LogP contribution in [0.1, 0.15) is 37.0 Å². The van der Waals surface area contributed by atoms with E-state index in [0.29, 0.717) is 25.3 Å². The zero-order valence-electron chi connectivity index (χ0n) is 10.8. The Morgan fingerprint density at radius 1 is 1.17 bits per heavy atom. The molecule has 0 radical (unpaired) electrons. The number of aryl methyl sites for hydroxylation is 2. The molecule has 0 aliphatic heterocycles. The molecule has 1 atom stereocenters. The van der Waals surface area contributed by atoms with E-state index in [0.717, 1.165) is 17.5 Å². The number of hydrogen-bond acceptors (Lipinski definition) is 1. The van der Waals surface area contributed by atoms with E-state index in [2.05, 4.69) is 0 Å². The molecule has 0 amide bonds. The Morgan fingerprint density at radius 3 is 2.28 bits per heavy atom. The first-order valence-corrected chi connectivity index (χ1v) is 6.27. The van der Waals surface area contributed by atoms with Crippen LogP contribution < -0.4 is 5.73 Å². The monoisotopic (exact) mass is 259 g/mol. The number of nitrogens with two attached hydrogens (primary N) is 1. The van der Waals surface area contributed by atoms with Gasteiger partial charge in [0.15, 0.2) is 0 Å². The van der Waals surface area contributed by atoms with Gasteiger partial charge >= 0.3 is 6.18 Å². The van der Waals surface area contributed by atoms with E-state index < -0.39 is 11.7 Å². The molecule has 0 saturated heterocycles. The molecule has 0 heterocycles. The third kappa shape index (κ3) is 4.33. The topological polar surface area (TPSA) is 26.0 Å². The van der Waals surface area contributed by atoms with Crippen molar-refractivity contribution in [2.24, 2.45) is 11.7 Å². The van der Waals surface area contributed by atoms with Crippen molar-refractivity contribution in [1.82, 2.24) is 0 Å². The number of halogens is 3. The first kappa shape index (κ1) is 15.0. The van der Waals surface area contributed by atoms with Gasteiger partial charge in [-0.3, -0.25) is 0 Å². The van der Waals surface area contributed by atoms with Gasteiger partial charge in [-0.05, 0) is 55.0 Å². The van der Waals surface area contributed by atoms with Gasteiger partial charge in [-0.2, -0.15) is 13.2 Å². The molecular formula is C14H20F3N. The number of hydrogen-bond donors (Lipinski definition) is 1. The lowest BCUT2D eigenvalue weighted by atomic mass is 9.97. The summed E-state index contributed by atoms with van der Waals surface area (Å²) in [5.74, 6) is 0.338. The average molecular weight is 259 g/mol. The van der Waals surface area contributed by atoms with Crippen molar-refractivity contribution < 1.29 is 13.2 Å². The first-order valence-electron chi connectivity index (χ1n) is 6.27. The summed E-state index contributed by atoms with van der Waals surface area (Å²) in [6, 6.07) is 4.34. The highest BCUT2D eigenvalue weighted by atomic mass is 19.4. The second kappa shape index (κ2) is 6.23. The Morgan fingerprint density at radius 2 is 1.78 bits per heavy atom. The lowest BCUT2D eigenvalue weighted by molar-refractivity contribution is -0.137. The largest absolute Gasteiger partial charge is 0.416 e. The zero-order chi connectivity index (χ0) is 13.8. The molecule has 0 aromatic heterocycles. The van der Waals surface area contributed by atoms with Crippen LogP contribution in [-0.4, -0.2) is 6.54 Å². The van der Waals surface area contributed by atoms with E-state index in [-0.39, 0.29) is 0 Å². The summed E-state index contributed by atoms with van der Waals surface area (Å²) in [7, 11) is 0. The fourth-order valence-electron chi connectivity index (χ4n) is 1.81. The minimum atomic E-state index is -4.26. The molecule has 0 fully saturated rings. The van der Waals surface area contributed by atoms with E-state index in [9.17, 15) is 13.2 Å². The fraction of sp³-hybridized carbons (Fsp3) is 0.571. The van der Waals surface area contributed by atoms with Gasteiger partial charge in [0.25, 0.3) is 0 Å². The van der Waals surface area contributed by atoms with Crippen molar-refractivity contribution in [1.29, 1.82) is 0 Å². The summed E-state index contributed by atoms with van der Waals surface area (Å²) in [6.07, 6.45) is -2.18. The Kier molecular flexibility index (Phi) is 5.20. The average Bonchev–Trinajstić information content (AvgIpc) is 2.34.